The first-order chi connectivity index (χ1) is 15.1. The number of nitrogens with zero attached hydrogens (tertiary/aromatic N) is 1. The minimum absolute atomic E-state index is 0.935. The van der Waals surface area contributed by atoms with E-state index < -0.39 is 0 Å². The highest BCUT2D eigenvalue weighted by Gasteiger charge is 2.11. The van der Waals surface area contributed by atoms with Crippen LogP contribution in [0.15, 0.2) is 83.4 Å². The SMILES string of the molecule is Cc1ccc2c(c1)oc1cc(-c3ccc(-c4ccc(-c5ccc(C)s5)nc4)s3)ccc12. The van der Waals surface area contributed by atoms with Crippen LogP contribution >= 0.6 is 22.7 Å². The van der Waals surface area contributed by atoms with Gasteiger partial charge in [-0.1, -0.05) is 18.2 Å². The minimum Gasteiger partial charge on any atom is -0.456 e. The third-order valence-electron chi connectivity index (χ3n) is 5.56. The molecule has 4 aromatic heterocycles. The van der Waals surface area contributed by atoms with Crippen LogP contribution in [0.3, 0.4) is 0 Å². The molecule has 2 aromatic carbocycles. The predicted molar refractivity (Wildman–Crippen MR) is 133 cm³/mol. The smallest absolute Gasteiger partial charge is 0.136 e. The lowest BCUT2D eigenvalue weighted by atomic mass is 10.1. The van der Waals surface area contributed by atoms with Gasteiger partial charge in [0.15, 0.2) is 0 Å². The lowest BCUT2D eigenvalue weighted by Gasteiger charge is -2.00. The molecule has 6 aromatic rings. The predicted octanol–water partition coefficient (Wildman–Crippen LogP) is 8.72. The summed E-state index contributed by atoms with van der Waals surface area (Å²) in [6.07, 6.45) is 1.98. The number of thiophene rings is 2. The van der Waals surface area contributed by atoms with Gasteiger partial charge in [0.2, 0.25) is 0 Å². The minimum atomic E-state index is 0.935. The zero-order valence-corrected chi connectivity index (χ0v) is 18.8. The second kappa shape index (κ2) is 7.19. The Morgan fingerprint density at radius 1 is 0.645 bits per heavy atom. The first-order valence-corrected chi connectivity index (χ1v) is 11.8. The molecule has 0 saturated carbocycles. The Labute approximate surface area is 188 Å². The third kappa shape index (κ3) is 3.29. The number of pyridine rings is 1. The molecule has 0 atom stereocenters. The summed E-state index contributed by atoms with van der Waals surface area (Å²) in [6.45, 7) is 4.22. The number of furan rings is 1. The lowest BCUT2D eigenvalue weighted by molar-refractivity contribution is 0.669. The van der Waals surface area contributed by atoms with Gasteiger partial charge in [-0.05, 0) is 79.6 Å². The molecule has 0 radical (unpaired) electrons. The largest absolute Gasteiger partial charge is 0.456 e. The molecule has 150 valence electrons. The maximum atomic E-state index is 6.14. The van der Waals surface area contributed by atoms with Crippen molar-refractivity contribution in [1.82, 2.24) is 4.98 Å². The fraction of sp³-hybridized carbons (Fsp3) is 0.0741. The van der Waals surface area contributed by atoms with E-state index in [1.807, 2.05) is 6.20 Å². The average molecular weight is 438 g/mol. The quantitative estimate of drug-likeness (QED) is 0.277. The first-order valence-electron chi connectivity index (χ1n) is 10.2. The van der Waals surface area contributed by atoms with Crippen molar-refractivity contribution in [1.29, 1.82) is 0 Å². The standard InChI is InChI=1S/C27H19NOS2/c1-16-3-7-20-21-8-5-18(14-24(21)29-23(20)13-16)25-11-12-26(31-25)19-6-9-22(28-15-19)27-10-4-17(2)30-27/h3-15H,1-2H3. The maximum Gasteiger partial charge on any atom is 0.136 e. The molecule has 6 rings (SSSR count). The molecule has 0 spiro atoms. The van der Waals surface area contributed by atoms with Crippen molar-refractivity contribution in [2.24, 2.45) is 0 Å². The summed E-state index contributed by atoms with van der Waals surface area (Å²) in [7, 11) is 0. The van der Waals surface area contributed by atoms with Gasteiger partial charge in [-0.3, -0.25) is 4.98 Å². The van der Waals surface area contributed by atoms with Gasteiger partial charge in [0.25, 0.3) is 0 Å². The number of rotatable bonds is 3. The highest BCUT2D eigenvalue weighted by molar-refractivity contribution is 7.18. The Morgan fingerprint density at radius 2 is 1.35 bits per heavy atom. The zero-order chi connectivity index (χ0) is 20.9. The van der Waals surface area contributed by atoms with Crippen LogP contribution in [0.1, 0.15) is 10.4 Å². The third-order valence-corrected chi connectivity index (χ3v) is 7.77. The molecule has 0 amide bonds. The number of fused-ring (bicyclic) bond motifs is 3. The molecule has 31 heavy (non-hydrogen) atoms. The second-order valence-electron chi connectivity index (χ2n) is 7.82. The van der Waals surface area contributed by atoms with Crippen LogP contribution < -0.4 is 0 Å². The van der Waals surface area contributed by atoms with Gasteiger partial charge in [0.05, 0.1) is 10.6 Å². The molecule has 0 aliphatic rings. The Kier molecular flexibility index (Phi) is 4.30. The van der Waals surface area contributed by atoms with E-state index in [0.29, 0.717) is 0 Å². The fourth-order valence-electron chi connectivity index (χ4n) is 3.94. The van der Waals surface area contributed by atoms with Crippen molar-refractivity contribution in [2.45, 2.75) is 13.8 Å². The molecule has 0 N–H and O–H groups in total. The molecule has 0 saturated heterocycles. The van der Waals surface area contributed by atoms with Crippen molar-refractivity contribution in [3.05, 3.63) is 89.4 Å². The van der Waals surface area contributed by atoms with Crippen LogP contribution in [0, 0.1) is 13.8 Å². The van der Waals surface area contributed by atoms with Crippen LogP contribution in [0.25, 0.3) is 53.4 Å². The molecule has 4 heterocycles. The van der Waals surface area contributed by atoms with Crippen LogP contribution in [-0.2, 0) is 0 Å². The first kappa shape index (κ1) is 18.6. The molecule has 4 heteroatoms. The number of hydrogen-bond donors (Lipinski definition) is 0. The normalized spacial score (nSPS) is 11.5. The van der Waals surface area contributed by atoms with Gasteiger partial charge in [-0.2, -0.15) is 0 Å². The van der Waals surface area contributed by atoms with Crippen molar-refractivity contribution >= 4 is 44.6 Å². The van der Waals surface area contributed by atoms with Gasteiger partial charge in [0, 0.05) is 37.2 Å². The van der Waals surface area contributed by atoms with Gasteiger partial charge < -0.3 is 4.42 Å². The molecule has 0 fully saturated rings. The molecular weight excluding hydrogens is 418 g/mol. The Balaban J connectivity index is 1.33. The van der Waals surface area contributed by atoms with Gasteiger partial charge in [-0.15, -0.1) is 22.7 Å². The average Bonchev–Trinajstić information content (AvgIpc) is 3.51. The second-order valence-corrected chi connectivity index (χ2v) is 10.2. The summed E-state index contributed by atoms with van der Waals surface area (Å²) in [6, 6.07) is 25.8. The molecule has 0 unspecified atom stereocenters. The van der Waals surface area contributed by atoms with E-state index in [-0.39, 0.29) is 0 Å². The number of hydrogen-bond acceptors (Lipinski definition) is 4. The van der Waals surface area contributed by atoms with E-state index in [4.69, 9.17) is 9.40 Å². The van der Waals surface area contributed by atoms with Crippen molar-refractivity contribution < 1.29 is 4.42 Å². The van der Waals surface area contributed by atoms with E-state index in [1.165, 1.54) is 41.4 Å². The van der Waals surface area contributed by atoms with Crippen LogP contribution in [-0.4, -0.2) is 4.98 Å². The van der Waals surface area contributed by atoms with E-state index in [1.54, 1.807) is 22.7 Å². The van der Waals surface area contributed by atoms with E-state index in [2.05, 4.69) is 86.6 Å². The summed E-state index contributed by atoms with van der Waals surface area (Å²) in [4.78, 5) is 9.66. The zero-order valence-electron chi connectivity index (χ0n) is 17.2. The summed E-state index contributed by atoms with van der Waals surface area (Å²) in [5.41, 5.74) is 6.45. The topological polar surface area (TPSA) is 26.0 Å². The number of benzene rings is 2. The summed E-state index contributed by atoms with van der Waals surface area (Å²) >= 11 is 3.56. The fourth-order valence-corrected chi connectivity index (χ4v) is 5.78. The van der Waals surface area contributed by atoms with Gasteiger partial charge in [0.1, 0.15) is 11.2 Å². The summed E-state index contributed by atoms with van der Waals surface area (Å²) in [5.74, 6) is 0. The highest BCUT2D eigenvalue weighted by Crippen LogP contribution is 2.38. The molecule has 0 aliphatic carbocycles. The maximum absolute atomic E-state index is 6.14. The number of aryl methyl sites for hydroxylation is 2. The van der Waals surface area contributed by atoms with Crippen LogP contribution in [0.2, 0.25) is 0 Å². The van der Waals surface area contributed by atoms with Gasteiger partial charge in [-0.25, -0.2) is 0 Å². The summed E-state index contributed by atoms with van der Waals surface area (Å²) in [5, 5.41) is 2.34. The molecule has 0 bridgehead atoms. The summed E-state index contributed by atoms with van der Waals surface area (Å²) < 4.78 is 6.14. The Bertz CT molecular complexity index is 1550. The Morgan fingerprint density at radius 3 is 2.10 bits per heavy atom. The van der Waals surface area contributed by atoms with Crippen molar-refractivity contribution in [3.63, 3.8) is 0 Å². The Hall–Kier alpha value is -3.21. The van der Waals surface area contributed by atoms with Crippen molar-refractivity contribution in [3.8, 4) is 31.5 Å². The molecule has 0 aliphatic heterocycles. The monoisotopic (exact) mass is 437 g/mol. The molecule has 2 nitrogen and oxygen atoms in total. The molecular formula is C27H19NOS2. The van der Waals surface area contributed by atoms with E-state index >= 15 is 0 Å². The lowest BCUT2D eigenvalue weighted by Crippen LogP contribution is -1.80. The number of aromatic nitrogens is 1. The highest BCUT2D eigenvalue weighted by atomic mass is 32.1. The van der Waals surface area contributed by atoms with E-state index in [0.717, 1.165) is 22.4 Å². The van der Waals surface area contributed by atoms with Crippen molar-refractivity contribution in [2.75, 3.05) is 0 Å². The van der Waals surface area contributed by atoms with E-state index in [9.17, 15) is 0 Å². The van der Waals surface area contributed by atoms with Crippen LogP contribution in [0.4, 0.5) is 0 Å². The van der Waals surface area contributed by atoms with Crippen LogP contribution in [0.5, 0.6) is 0 Å². The van der Waals surface area contributed by atoms with Gasteiger partial charge >= 0.3 is 0 Å².